The predicted molar refractivity (Wildman–Crippen MR) is 61.2 cm³/mol. The third-order valence-corrected chi connectivity index (χ3v) is 2.29. The van der Waals surface area contributed by atoms with Gasteiger partial charge in [-0.05, 0) is 44.4 Å². The molecule has 1 aromatic rings. The Balaban J connectivity index is 2.55. The van der Waals surface area contributed by atoms with Crippen LogP contribution < -0.4 is 4.74 Å². The molecule has 0 radical (unpaired) electrons. The quantitative estimate of drug-likeness (QED) is 0.742. The summed E-state index contributed by atoms with van der Waals surface area (Å²) in [5, 5.41) is 0. The van der Waals surface area contributed by atoms with Gasteiger partial charge in [0.1, 0.15) is 5.78 Å². The number of carbonyl (C=O) groups excluding carboxylic acids is 1. The average Bonchev–Trinajstić information content (AvgIpc) is 2.21. The molecular weight excluding hydrogens is 207 g/mol. The molecule has 0 saturated heterocycles. The molecule has 3 heteroatoms. The molecule has 0 fully saturated rings. The zero-order chi connectivity index (χ0) is 12.0. The number of hydrogen-bond donors (Lipinski definition) is 0. The van der Waals surface area contributed by atoms with Crippen molar-refractivity contribution < 1.29 is 13.9 Å². The average molecular weight is 224 g/mol. The lowest BCUT2D eigenvalue weighted by Crippen LogP contribution is -1.97. The van der Waals surface area contributed by atoms with Crippen molar-refractivity contribution >= 4 is 5.78 Å². The first kappa shape index (κ1) is 12.7. The lowest BCUT2D eigenvalue weighted by Gasteiger charge is -2.06. The van der Waals surface area contributed by atoms with Gasteiger partial charge in [-0.15, -0.1) is 0 Å². The molecule has 0 aliphatic carbocycles. The normalized spacial score (nSPS) is 10.2. The first-order valence-electron chi connectivity index (χ1n) is 5.54. The predicted octanol–water partition coefficient (Wildman–Crippen LogP) is 3.14. The van der Waals surface area contributed by atoms with E-state index < -0.39 is 0 Å². The minimum atomic E-state index is -0.331. The van der Waals surface area contributed by atoms with Gasteiger partial charge in [-0.25, -0.2) is 4.39 Å². The van der Waals surface area contributed by atoms with E-state index in [1.807, 2.05) is 13.0 Å². The molecule has 0 N–H and O–H groups in total. The Labute approximate surface area is 95.4 Å². The summed E-state index contributed by atoms with van der Waals surface area (Å²) in [6.45, 7) is 3.85. The number of Topliss-reactive ketones (excluding diaryl/α,β-unsaturated/α-hetero) is 1. The van der Waals surface area contributed by atoms with E-state index in [1.54, 1.807) is 13.0 Å². The Hall–Kier alpha value is -1.38. The number of hydrogen-bond acceptors (Lipinski definition) is 2. The second kappa shape index (κ2) is 6.26. The van der Waals surface area contributed by atoms with Gasteiger partial charge in [-0.3, -0.25) is 0 Å². The van der Waals surface area contributed by atoms with Crippen molar-refractivity contribution in [3.05, 3.63) is 29.6 Å². The number of rotatable bonds is 6. The summed E-state index contributed by atoms with van der Waals surface area (Å²) >= 11 is 0. The first-order valence-corrected chi connectivity index (χ1v) is 5.54. The topological polar surface area (TPSA) is 26.3 Å². The van der Waals surface area contributed by atoms with Crippen LogP contribution in [0.15, 0.2) is 18.2 Å². The molecule has 0 aromatic heterocycles. The van der Waals surface area contributed by atoms with E-state index in [9.17, 15) is 9.18 Å². The molecule has 0 aliphatic rings. The summed E-state index contributed by atoms with van der Waals surface area (Å²) in [6.07, 6.45) is 2.04. The van der Waals surface area contributed by atoms with Crippen LogP contribution in [0, 0.1) is 5.82 Å². The Morgan fingerprint density at radius 2 is 2.19 bits per heavy atom. The van der Waals surface area contributed by atoms with Crippen molar-refractivity contribution in [2.24, 2.45) is 0 Å². The molecule has 0 amide bonds. The second-order valence-electron chi connectivity index (χ2n) is 3.75. The van der Waals surface area contributed by atoms with E-state index in [-0.39, 0.29) is 17.3 Å². The molecule has 0 heterocycles. The SMILES string of the molecule is CCOc1ccc(CCCC(C)=O)cc1F. The monoisotopic (exact) mass is 224 g/mol. The largest absolute Gasteiger partial charge is 0.491 e. The van der Waals surface area contributed by atoms with E-state index >= 15 is 0 Å². The van der Waals surface area contributed by atoms with Crippen molar-refractivity contribution in [2.75, 3.05) is 6.61 Å². The summed E-state index contributed by atoms with van der Waals surface area (Å²) < 4.78 is 18.5. The first-order chi connectivity index (χ1) is 7.63. The van der Waals surface area contributed by atoms with E-state index in [2.05, 4.69) is 0 Å². The highest BCUT2D eigenvalue weighted by Crippen LogP contribution is 2.19. The Kier molecular flexibility index (Phi) is 4.96. The van der Waals surface area contributed by atoms with E-state index in [0.29, 0.717) is 13.0 Å². The fourth-order valence-corrected chi connectivity index (χ4v) is 1.51. The highest BCUT2D eigenvalue weighted by atomic mass is 19.1. The summed E-state index contributed by atoms with van der Waals surface area (Å²) in [5.74, 6) is 0.131. The number of ketones is 1. The Morgan fingerprint density at radius 1 is 1.44 bits per heavy atom. The summed E-state index contributed by atoms with van der Waals surface area (Å²) in [7, 11) is 0. The van der Waals surface area contributed by atoms with Gasteiger partial charge in [-0.1, -0.05) is 6.07 Å². The minimum absolute atomic E-state index is 0.173. The molecular formula is C13H17FO2. The van der Waals surface area contributed by atoms with Crippen molar-refractivity contribution in [2.45, 2.75) is 33.1 Å². The highest BCUT2D eigenvalue weighted by Gasteiger charge is 2.04. The number of carbonyl (C=O) groups is 1. The molecule has 88 valence electrons. The molecule has 0 aliphatic heterocycles. The molecule has 1 rings (SSSR count). The third-order valence-electron chi connectivity index (χ3n) is 2.29. The highest BCUT2D eigenvalue weighted by molar-refractivity contribution is 5.75. The fourth-order valence-electron chi connectivity index (χ4n) is 1.51. The number of halogens is 1. The van der Waals surface area contributed by atoms with Crippen molar-refractivity contribution in [1.82, 2.24) is 0 Å². The number of aryl methyl sites for hydroxylation is 1. The van der Waals surface area contributed by atoms with Gasteiger partial charge in [-0.2, -0.15) is 0 Å². The van der Waals surface area contributed by atoms with Crippen LogP contribution in [0.1, 0.15) is 32.3 Å². The van der Waals surface area contributed by atoms with Gasteiger partial charge in [0.15, 0.2) is 11.6 Å². The molecule has 0 saturated carbocycles. The third kappa shape index (κ3) is 4.01. The molecule has 0 atom stereocenters. The standard InChI is InChI=1S/C13H17FO2/c1-3-16-13-8-7-11(9-12(13)14)6-4-5-10(2)15/h7-9H,3-6H2,1-2H3. The maximum atomic E-state index is 13.4. The maximum Gasteiger partial charge on any atom is 0.165 e. The van der Waals surface area contributed by atoms with Gasteiger partial charge in [0.05, 0.1) is 6.61 Å². The number of ether oxygens (including phenoxy) is 1. The summed E-state index contributed by atoms with van der Waals surface area (Å²) in [4.78, 5) is 10.7. The summed E-state index contributed by atoms with van der Waals surface area (Å²) in [5.41, 5.74) is 0.905. The Morgan fingerprint density at radius 3 is 2.75 bits per heavy atom. The van der Waals surface area contributed by atoms with Crippen molar-refractivity contribution in [3.63, 3.8) is 0 Å². The Bertz CT molecular complexity index is 361. The van der Waals surface area contributed by atoms with Crippen molar-refractivity contribution in [3.8, 4) is 5.75 Å². The van der Waals surface area contributed by atoms with Crippen LogP contribution in [-0.2, 0) is 11.2 Å². The molecule has 16 heavy (non-hydrogen) atoms. The fraction of sp³-hybridized carbons (Fsp3) is 0.462. The maximum absolute atomic E-state index is 13.4. The lowest BCUT2D eigenvalue weighted by atomic mass is 10.1. The van der Waals surface area contributed by atoms with Crippen molar-refractivity contribution in [1.29, 1.82) is 0 Å². The number of benzene rings is 1. The lowest BCUT2D eigenvalue weighted by molar-refractivity contribution is -0.117. The zero-order valence-electron chi connectivity index (χ0n) is 9.75. The molecule has 2 nitrogen and oxygen atoms in total. The van der Waals surface area contributed by atoms with E-state index in [4.69, 9.17) is 4.74 Å². The van der Waals surface area contributed by atoms with E-state index in [1.165, 1.54) is 6.07 Å². The summed E-state index contributed by atoms with van der Waals surface area (Å²) in [6, 6.07) is 4.96. The van der Waals surface area contributed by atoms with Gasteiger partial charge in [0.2, 0.25) is 0 Å². The van der Waals surface area contributed by atoms with Gasteiger partial charge < -0.3 is 9.53 Å². The zero-order valence-corrected chi connectivity index (χ0v) is 9.75. The molecule has 0 spiro atoms. The smallest absolute Gasteiger partial charge is 0.165 e. The van der Waals surface area contributed by atoms with Crippen LogP contribution in [0.3, 0.4) is 0 Å². The van der Waals surface area contributed by atoms with Gasteiger partial charge >= 0.3 is 0 Å². The molecule has 0 unspecified atom stereocenters. The van der Waals surface area contributed by atoms with Crippen LogP contribution in [0.5, 0.6) is 5.75 Å². The molecule has 0 bridgehead atoms. The van der Waals surface area contributed by atoms with Crippen LogP contribution in [-0.4, -0.2) is 12.4 Å². The minimum Gasteiger partial charge on any atom is -0.491 e. The van der Waals surface area contributed by atoms with Crippen LogP contribution >= 0.6 is 0 Å². The molecule has 1 aromatic carbocycles. The van der Waals surface area contributed by atoms with Gasteiger partial charge in [0, 0.05) is 6.42 Å². The van der Waals surface area contributed by atoms with Gasteiger partial charge in [0.25, 0.3) is 0 Å². The van der Waals surface area contributed by atoms with Crippen LogP contribution in [0.4, 0.5) is 4.39 Å². The van der Waals surface area contributed by atoms with E-state index in [0.717, 1.165) is 18.4 Å². The van der Waals surface area contributed by atoms with Crippen LogP contribution in [0.2, 0.25) is 0 Å². The van der Waals surface area contributed by atoms with Crippen LogP contribution in [0.25, 0.3) is 0 Å². The second-order valence-corrected chi connectivity index (χ2v) is 3.75.